The fourth-order valence-corrected chi connectivity index (χ4v) is 2.55. The molecule has 0 aliphatic rings. The van der Waals surface area contributed by atoms with Gasteiger partial charge < -0.3 is 0 Å². The van der Waals surface area contributed by atoms with Crippen LogP contribution in [0.4, 0.5) is 8.78 Å². The molecule has 0 radical (unpaired) electrons. The molecule has 0 aliphatic heterocycles. The molecule has 0 spiro atoms. The van der Waals surface area contributed by atoms with Crippen molar-refractivity contribution < 1.29 is 8.78 Å². The van der Waals surface area contributed by atoms with Crippen molar-refractivity contribution in [3.8, 4) is 0 Å². The summed E-state index contributed by atoms with van der Waals surface area (Å²) < 4.78 is 26.7. The van der Waals surface area contributed by atoms with E-state index in [2.05, 4.69) is 0 Å². The zero-order chi connectivity index (χ0) is 12.4. The molecule has 0 fully saturated rings. The predicted molar refractivity (Wildman–Crippen MR) is 66.4 cm³/mol. The first-order valence-corrected chi connectivity index (χ1v) is 6.09. The van der Waals surface area contributed by atoms with Gasteiger partial charge in [-0.1, -0.05) is 23.9 Å². The number of rotatable bonds is 2. The normalized spacial score (nSPS) is 10.6. The van der Waals surface area contributed by atoms with Crippen molar-refractivity contribution in [1.29, 1.82) is 0 Å². The third-order valence-corrected chi connectivity index (χ3v) is 3.98. The Balaban J connectivity index is 2.38. The Hall–Kier alpha value is -1.35. The average molecular weight is 250 g/mol. The Kier molecular flexibility index (Phi) is 3.48. The summed E-state index contributed by atoms with van der Waals surface area (Å²) in [6, 6.07) is 9.87. The molecule has 88 valence electrons. The quantitative estimate of drug-likeness (QED) is 0.742. The summed E-state index contributed by atoms with van der Waals surface area (Å²) in [5.74, 6) is -0.465. The molecule has 0 bridgehead atoms. The minimum absolute atomic E-state index is 0.232. The van der Waals surface area contributed by atoms with Crippen LogP contribution in [0.25, 0.3) is 0 Å². The van der Waals surface area contributed by atoms with E-state index in [1.807, 2.05) is 12.1 Å². The van der Waals surface area contributed by atoms with Crippen LogP contribution in [0.1, 0.15) is 11.1 Å². The molecule has 0 N–H and O–H groups in total. The maximum atomic E-state index is 13.4. The predicted octanol–water partition coefficient (Wildman–Crippen LogP) is 4.73. The van der Waals surface area contributed by atoms with Crippen LogP contribution < -0.4 is 0 Å². The van der Waals surface area contributed by atoms with Crippen LogP contribution in [0, 0.1) is 25.5 Å². The number of benzene rings is 2. The van der Waals surface area contributed by atoms with Crippen molar-refractivity contribution in [1.82, 2.24) is 0 Å². The molecule has 0 aromatic heterocycles. The van der Waals surface area contributed by atoms with Gasteiger partial charge in [0.2, 0.25) is 0 Å². The maximum Gasteiger partial charge on any atom is 0.127 e. The van der Waals surface area contributed by atoms with E-state index in [0.29, 0.717) is 11.1 Å². The fourth-order valence-electron chi connectivity index (χ4n) is 1.51. The monoisotopic (exact) mass is 250 g/mol. The van der Waals surface area contributed by atoms with Gasteiger partial charge in [0, 0.05) is 9.79 Å². The van der Waals surface area contributed by atoms with Crippen LogP contribution in [0.2, 0.25) is 0 Å². The van der Waals surface area contributed by atoms with Crippen molar-refractivity contribution in [2.75, 3.05) is 0 Å². The van der Waals surface area contributed by atoms with E-state index >= 15 is 0 Å². The average Bonchev–Trinajstić information content (AvgIpc) is 2.31. The Labute approximate surface area is 104 Å². The smallest absolute Gasteiger partial charge is 0.127 e. The molecule has 0 unspecified atom stereocenters. The first-order valence-electron chi connectivity index (χ1n) is 5.27. The summed E-state index contributed by atoms with van der Waals surface area (Å²) >= 11 is 1.39. The summed E-state index contributed by atoms with van der Waals surface area (Å²) in [4.78, 5) is 1.64. The first-order chi connectivity index (χ1) is 8.09. The molecule has 2 aromatic carbocycles. The standard InChI is InChI=1S/C14H12F2S/c1-9-11(15)5-3-7-13(9)17-14-8-4-6-12(16)10(14)2/h3-8H,1-2H3. The Morgan fingerprint density at radius 2 is 1.18 bits per heavy atom. The van der Waals surface area contributed by atoms with Gasteiger partial charge in [-0.2, -0.15) is 0 Å². The molecule has 3 heteroatoms. The third-order valence-electron chi connectivity index (χ3n) is 2.66. The molecule has 0 heterocycles. The highest BCUT2D eigenvalue weighted by Crippen LogP contribution is 2.33. The minimum Gasteiger partial charge on any atom is -0.207 e. The molecule has 2 aromatic rings. The van der Waals surface area contributed by atoms with Crippen LogP contribution in [0.3, 0.4) is 0 Å². The lowest BCUT2D eigenvalue weighted by atomic mass is 10.2. The second-order valence-corrected chi connectivity index (χ2v) is 4.91. The summed E-state index contributed by atoms with van der Waals surface area (Å²) in [5.41, 5.74) is 1.20. The molecule has 0 atom stereocenters. The van der Waals surface area contributed by atoms with E-state index in [1.54, 1.807) is 26.0 Å². The second-order valence-electron chi connectivity index (χ2n) is 3.83. The summed E-state index contributed by atoms with van der Waals surface area (Å²) in [5, 5.41) is 0. The minimum atomic E-state index is -0.232. The van der Waals surface area contributed by atoms with Gasteiger partial charge in [-0.25, -0.2) is 8.78 Å². The van der Waals surface area contributed by atoms with E-state index in [0.717, 1.165) is 9.79 Å². The molecule has 0 nitrogen and oxygen atoms in total. The van der Waals surface area contributed by atoms with Crippen molar-refractivity contribution in [2.24, 2.45) is 0 Å². The topological polar surface area (TPSA) is 0 Å². The lowest BCUT2D eigenvalue weighted by Gasteiger charge is -2.09. The van der Waals surface area contributed by atoms with E-state index in [1.165, 1.54) is 23.9 Å². The van der Waals surface area contributed by atoms with E-state index in [9.17, 15) is 8.78 Å². The van der Waals surface area contributed by atoms with Gasteiger partial charge in [-0.3, -0.25) is 0 Å². The number of halogens is 2. The molecule has 2 rings (SSSR count). The Morgan fingerprint density at radius 3 is 1.59 bits per heavy atom. The van der Waals surface area contributed by atoms with Crippen molar-refractivity contribution in [2.45, 2.75) is 23.6 Å². The highest BCUT2D eigenvalue weighted by Gasteiger charge is 2.08. The first kappa shape index (κ1) is 12.1. The Bertz CT molecular complexity index is 500. The molecule has 0 aliphatic carbocycles. The molecule has 0 saturated heterocycles. The lowest BCUT2D eigenvalue weighted by Crippen LogP contribution is -1.88. The van der Waals surface area contributed by atoms with Gasteiger partial charge >= 0.3 is 0 Å². The zero-order valence-electron chi connectivity index (χ0n) is 9.63. The summed E-state index contributed by atoms with van der Waals surface area (Å²) in [7, 11) is 0. The van der Waals surface area contributed by atoms with E-state index < -0.39 is 0 Å². The van der Waals surface area contributed by atoms with Crippen LogP contribution in [0.15, 0.2) is 46.2 Å². The van der Waals surface area contributed by atoms with E-state index in [4.69, 9.17) is 0 Å². The Morgan fingerprint density at radius 1 is 0.765 bits per heavy atom. The summed E-state index contributed by atoms with van der Waals surface area (Å²) in [6.45, 7) is 3.46. The van der Waals surface area contributed by atoms with Crippen LogP contribution in [-0.4, -0.2) is 0 Å². The van der Waals surface area contributed by atoms with Gasteiger partial charge in [0.15, 0.2) is 0 Å². The molecular weight excluding hydrogens is 238 g/mol. The van der Waals surface area contributed by atoms with Crippen molar-refractivity contribution in [3.05, 3.63) is 59.2 Å². The zero-order valence-corrected chi connectivity index (χ0v) is 10.4. The van der Waals surface area contributed by atoms with E-state index in [-0.39, 0.29) is 11.6 Å². The fraction of sp³-hybridized carbons (Fsp3) is 0.143. The third kappa shape index (κ3) is 2.50. The number of hydrogen-bond acceptors (Lipinski definition) is 1. The lowest BCUT2D eigenvalue weighted by molar-refractivity contribution is 0.612. The van der Waals surface area contributed by atoms with Gasteiger partial charge in [0.05, 0.1) is 0 Å². The molecule has 0 saturated carbocycles. The second kappa shape index (κ2) is 4.88. The molecular formula is C14H12F2S. The van der Waals surface area contributed by atoms with Crippen LogP contribution in [0.5, 0.6) is 0 Å². The highest BCUT2D eigenvalue weighted by molar-refractivity contribution is 7.99. The molecule has 0 amide bonds. The van der Waals surface area contributed by atoms with Gasteiger partial charge in [0.1, 0.15) is 11.6 Å². The van der Waals surface area contributed by atoms with Crippen molar-refractivity contribution >= 4 is 11.8 Å². The van der Waals surface area contributed by atoms with Crippen LogP contribution in [-0.2, 0) is 0 Å². The van der Waals surface area contributed by atoms with Gasteiger partial charge in [-0.15, -0.1) is 0 Å². The SMILES string of the molecule is Cc1c(F)cccc1Sc1cccc(F)c1C. The van der Waals surface area contributed by atoms with Gasteiger partial charge in [0.25, 0.3) is 0 Å². The highest BCUT2D eigenvalue weighted by atomic mass is 32.2. The van der Waals surface area contributed by atoms with Crippen LogP contribution >= 0.6 is 11.8 Å². The largest absolute Gasteiger partial charge is 0.207 e. The van der Waals surface area contributed by atoms with Crippen molar-refractivity contribution in [3.63, 3.8) is 0 Å². The summed E-state index contributed by atoms with van der Waals surface area (Å²) in [6.07, 6.45) is 0. The molecule has 17 heavy (non-hydrogen) atoms. The maximum absolute atomic E-state index is 13.4. The number of hydrogen-bond donors (Lipinski definition) is 0. The van der Waals surface area contributed by atoms with Gasteiger partial charge in [-0.05, 0) is 49.2 Å².